The Kier molecular flexibility index (Phi) is 7.09. The number of allylic oxidation sites excluding steroid dienone is 5. The Hall–Kier alpha value is -1.49. The Labute approximate surface area is 93.0 Å². The minimum atomic E-state index is 0.444. The van der Waals surface area contributed by atoms with Crippen LogP contribution < -0.4 is 5.32 Å². The first-order valence-corrected chi connectivity index (χ1v) is 5.26. The Balaban J connectivity index is 4.12. The molecule has 0 aromatic carbocycles. The molecule has 0 fully saturated rings. The van der Waals surface area contributed by atoms with Gasteiger partial charge < -0.3 is 5.32 Å². The molecule has 15 heavy (non-hydrogen) atoms. The van der Waals surface area contributed by atoms with Crippen molar-refractivity contribution in [1.82, 2.24) is 5.32 Å². The maximum absolute atomic E-state index is 8.38. The molecule has 82 valence electrons. The van der Waals surface area contributed by atoms with E-state index in [4.69, 9.17) is 5.26 Å². The van der Waals surface area contributed by atoms with E-state index in [9.17, 15) is 0 Å². The lowest BCUT2D eigenvalue weighted by Crippen LogP contribution is -2.12. The zero-order valence-corrected chi connectivity index (χ0v) is 9.88. The van der Waals surface area contributed by atoms with Gasteiger partial charge in [-0.2, -0.15) is 5.26 Å². The lowest BCUT2D eigenvalue weighted by atomic mass is 10.0. The first-order valence-electron chi connectivity index (χ1n) is 5.26. The molecule has 0 amide bonds. The third-order valence-electron chi connectivity index (χ3n) is 1.96. The minimum absolute atomic E-state index is 0.444. The van der Waals surface area contributed by atoms with Crippen molar-refractivity contribution in [3.63, 3.8) is 0 Å². The summed E-state index contributed by atoms with van der Waals surface area (Å²) in [7, 11) is 0. The second-order valence-electron chi connectivity index (χ2n) is 3.69. The molecule has 0 aliphatic rings. The van der Waals surface area contributed by atoms with Crippen LogP contribution in [0.1, 0.15) is 27.2 Å². The molecule has 0 rings (SSSR count). The van der Waals surface area contributed by atoms with Crippen LogP contribution >= 0.6 is 0 Å². The van der Waals surface area contributed by atoms with Crippen LogP contribution in [0.4, 0.5) is 0 Å². The first kappa shape index (κ1) is 13.5. The van der Waals surface area contributed by atoms with E-state index in [2.05, 4.69) is 31.8 Å². The van der Waals surface area contributed by atoms with E-state index in [-0.39, 0.29) is 0 Å². The predicted octanol–water partition coefficient (Wildman–Crippen LogP) is 3.16. The van der Waals surface area contributed by atoms with Crippen molar-refractivity contribution in [3.8, 4) is 6.07 Å². The fourth-order valence-electron chi connectivity index (χ4n) is 1.44. The molecule has 1 N–H and O–H groups in total. The summed E-state index contributed by atoms with van der Waals surface area (Å²) in [4.78, 5) is 0. The van der Waals surface area contributed by atoms with Crippen molar-refractivity contribution in [3.05, 3.63) is 36.1 Å². The molecular formula is C13H20N2. The molecule has 0 aromatic heterocycles. The Morgan fingerprint density at radius 3 is 2.80 bits per heavy atom. The van der Waals surface area contributed by atoms with Crippen LogP contribution in [0.15, 0.2) is 36.1 Å². The van der Waals surface area contributed by atoms with Crippen LogP contribution in [0.2, 0.25) is 0 Å². The first-order chi connectivity index (χ1) is 7.10. The molecule has 0 aliphatic heterocycles. The molecule has 0 aromatic rings. The maximum atomic E-state index is 8.38. The number of nitriles is 1. The van der Waals surface area contributed by atoms with Crippen LogP contribution in [0.5, 0.6) is 0 Å². The topological polar surface area (TPSA) is 35.8 Å². The SMILES string of the molecule is C=C(CC(C)/C=C(C)/C=C/C#N)NCC. The third-order valence-corrected chi connectivity index (χ3v) is 1.96. The average Bonchev–Trinajstić information content (AvgIpc) is 2.14. The summed E-state index contributed by atoms with van der Waals surface area (Å²) >= 11 is 0. The van der Waals surface area contributed by atoms with E-state index < -0.39 is 0 Å². The molecule has 0 radical (unpaired) electrons. The summed E-state index contributed by atoms with van der Waals surface area (Å²) in [5, 5.41) is 11.6. The van der Waals surface area contributed by atoms with Gasteiger partial charge >= 0.3 is 0 Å². The van der Waals surface area contributed by atoms with Crippen molar-refractivity contribution >= 4 is 0 Å². The van der Waals surface area contributed by atoms with Gasteiger partial charge in [-0.15, -0.1) is 0 Å². The Bertz CT molecular complexity index is 292. The van der Waals surface area contributed by atoms with Gasteiger partial charge in [-0.05, 0) is 32.3 Å². The van der Waals surface area contributed by atoms with Gasteiger partial charge in [-0.3, -0.25) is 0 Å². The van der Waals surface area contributed by atoms with Crippen molar-refractivity contribution in [1.29, 1.82) is 5.26 Å². The standard InChI is InChI=1S/C13H20N2/c1-5-15-13(4)10-12(3)9-11(2)7-6-8-14/h6-7,9,12,15H,4-5,10H2,1-3H3/b7-6+,11-9+. The van der Waals surface area contributed by atoms with Crippen molar-refractivity contribution < 1.29 is 0 Å². The van der Waals surface area contributed by atoms with E-state index in [1.807, 2.05) is 19.1 Å². The summed E-state index contributed by atoms with van der Waals surface area (Å²) in [5.41, 5.74) is 2.19. The van der Waals surface area contributed by atoms with Crippen molar-refractivity contribution in [2.24, 2.45) is 5.92 Å². The second-order valence-corrected chi connectivity index (χ2v) is 3.69. The number of hydrogen-bond donors (Lipinski definition) is 1. The molecule has 0 saturated heterocycles. The Morgan fingerprint density at radius 1 is 1.60 bits per heavy atom. The second kappa shape index (κ2) is 7.87. The van der Waals surface area contributed by atoms with E-state index in [1.165, 1.54) is 6.08 Å². The number of nitrogens with zero attached hydrogens (tertiary/aromatic N) is 1. The van der Waals surface area contributed by atoms with Crippen LogP contribution in [-0.2, 0) is 0 Å². The number of rotatable bonds is 6. The lowest BCUT2D eigenvalue weighted by molar-refractivity contribution is 0.662. The van der Waals surface area contributed by atoms with Gasteiger partial charge in [0.2, 0.25) is 0 Å². The molecule has 2 heteroatoms. The quantitative estimate of drug-likeness (QED) is 0.533. The molecular weight excluding hydrogens is 184 g/mol. The molecule has 0 saturated carbocycles. The van der Waals surface area contributed by atoms with Gasteiger partial charge in [0.25, 0.3) is 0 Å². The predicted molar refractivity (Wildman–Crippen MR) is 65.1 cm³/mol. The molecule has 0 heterocycles. The van der Waals surface area contributed by atoms with Gasteiger partial charge in [0.05, 0.1) is 6.07 Å². The highest BCUT2D eigenvalue weighted by molar-refractivity contribution is 5.21. The molecule has 0 spiro atoms. The normalized spacial score (nSPS) is 13.6. The third kappa shape index (κ3) is 7.57. The summed E-state index contributed by atoms with van der Waals surface area (Å²) in [6.07, 6.45) is 6.41. The maximum Gasteiger partial charge on any atom is 0.0912 e. The monoisotopic (exact) mass is 204 g/mol. The van der Waals surface area contributed by atoms with Gasteiger partial charge in [-0.1, -0.05) is 25.2 Å². The lowest BCUT2D eigenvalue weighted by Gasteiger charge is -2.11. The molecule has 0 bridgehead atoms. The van der Waals surface area contributed by atoms with Gasteiger partial charge in [-0.25, -0.2) is 0 Å². The highest BCUT2D eigenvalue weighted by Gasteiger charge is 2.00. The minimum Gasteiger partial charge on any atom is -0.389 e. The summed E-state index contributed by atoms with van der Waals surface area (Å²) in [6, 6.07) is 1.98. The smallest absolute Gasteiger partial charge is 0.0912 e. The summed E-state index contributed by atoms with van der Waals surface area (Å²) < 4.78 is 0. The van der Waals surface area contributed by atoms with Crippen LogP contribution in [0.3, 0.4) is 0 Å². The van der Waals surface area contributed by atoms with E-state index >= 15 is 0 Å². The van der Waals surface area contributed by atoms with Gasteiger partial charge in [0, 0.05) is 18.3 Å². The molecule has 2 nitrogen and oxygen atoms in total. The summed E-state index contributed by atoms with van der Waals surface area (Å²) in [5.74, 6) is 0.444. The zero-order chi connectivity index (χ0) is 11.7. The van der Waals surface area contributed by atoms with Gasteiger partial charge in [0.15, 0.2) is 0 Å². The number of nitrogens with one attached hydrogen (secondary N) is 1. The van der Waals surface area contributed by atoms with Crippen LogP contribution in [0, 0.1) is 17.2 Å². The van der Waals surface area contributed by atoms with Crippen LogP contribution in [0.25, 0.3) is 0 Å². The van der Waals surface area contributed by atoms with Gasteiger partial charge in [0.1, 0.15) is 0 Å². The molecule has 0 aliphatic carbocycles. The summed E-state index contributed by atoms with van der Waals surface area (Å²) in [6.45, 7) is 11.1. The largest absolute Gasteiger partial charge is 0.389 e. The number of hydrogen-bond acceptors (Lipinski definition) is 2. The van der Waals surface area contributed by atoms with Crippen molar-refractivity contribution in [2.45, 2.75) is 27.2 Å². The van der Waals surface area contributed by atoms with E-state index in [1.54, 1.807) is 0 Å². The Morgan fingerprint density at radius 2 is 2.27 bits per heavy atom. The zero-order valence-electron chi connectivity index (χ0n) is 9.88. The average molecular weight is 204 g/mol. The van der Waals surface area contributed by atoms with Crippen LogP contribution in [-0.4, -0.2) is 6.54 Å². The highest BCUT2D eigenvalue weighted by atomic mass is 14.9. The molecule has 1 unspecified atom stereocenters. The van der Waals surface area contributed by atoms with Crippen molar-refractivity contribution in [2.75, 3.05) is 6.54 Å². The fourth-order valence-corrected chi connectivity index (χ4v) is 1.44. The highest BCUT2D eigenvalue weighted by Crippen LogP contribution is 2.12. The molecule has 1 atom stereocenters. The van der Waals surface area contributed by atoms with E-state index in [0.29, 0.717) is 5.92 Å². The van der Waals surface area contributed by atoms with E-state index in [0.717, 1.165) is 24.2 Å². The fraction of sp³-hybridized carbons (Fsp3) is 0.462.